The van der Waals surface area contributed by atoms with Crippen molar-refractivity contribution in [3.8, 4) is 11.3 Å². The first kappa shape index (κ1) is 15.4. The van der Waals surface area contributed by atoms with Gasteiger partial charge in [0.15, 0.2) is 0 Å². The van der Waals surface area contributed by atoms with E-state index in [1.165, 1.54) is 17.2 Å². The number of halogens is 1. The van der Waals surface area contributed by atoms with Gasteiger partial charge in [-0.15, -0.1) is 0 Å². The Morgan fingerprint density at radius 1 is 1.32 bits per heavy atom. The summed E-state index contributed by atoms with van der Waals surface area (Å²) in [6.45, 7) is 1.87. The average Bonchev–Trinajstić information content (AvgIpc) is 3.05. The molecule has 126 valence electrons. The molecule has 25 heavy (non-hydrogen) atoms. The molecule has 4 rings (SSSR count). The molecule has 3 heterocycles. The lowest BCUT2D eigenvalue weighted by molar-refractivity contribution is 0.0986. The van der Waals surface area contributed by atoms with Gasteiger partial charge in [-0.3, -0.25) is 19.8 Å². The van der Waals surface area contributed by atoms with Crippen LogP contribution in [-0.4, -0.2) is 33.1 Å². The Kier molecular flexibility index (Phi) is 3.56. The van der Waals surface area contributed by atoms with Gasteiger partial charge >= 0.3 is 0 Å². The monoisotopic (exact) mass is 337 g/mol. The summed E-state index contributed by atoms with van der Waals surface area (Å²) >= 11 is 0. The fourth-order valence-corrected chi connectivity index (χ4v) is 3.11. The van der Waals surface area contributed by atoms with E-state index in [4.69, 9.17) is 0 Å². The number of aromatic amines is 1. The Labute approximate surface area is 143 Å². The first-order valence-electron chi connectivity index (χ1n) is 7.98. The Hall–Kier alpha value is -3.09. The average molecular weight is 337 g/mol. The topological polar surface area (TPSA) is 74.8 Å². The SMILES string of the molecule is Cc1cccc(N(C)C(=O)c2[nH]nc3c2CCc2ncc(F)cc2-3)n1. The third kappa shape index (κ3) is 2.57. The van der Waals surface area contributed by atoms with Crippen molar-refractivity contribution in [3.05, 3.63) is 58.9 Å². The maximum Gasteiger partial charge on any atom is 0.277 e. The lowest BCUT2D eigenvalue weighted by Gasteiger charge is -2.18. The summed E-state index contributed by atoms with van der Waals surface area (Å²) in [6.07, 6.45) is 2.49. The van der Waals surface area contributed by atoms with Gasteiger partial charge < -0.3 is 0 Å². The van der Waals surface area contributed by atoms with Gasteiger partial charge in [-0.25, -0.2) is 9.37 Å². The maximum absolute atomic E-state index is 13.6. The van der Waals surface area contributed by atoms with Crippen LogP contribution in [0, 0.1) is 12.7 Å². The van der Waals surface area contributed by atoms with E-state index in [9.17, 15) is 9.18 Å². The van der Waals surface area contributed by atoms with Crippen LogP contribution < -0.4 is 4.90 Å². The summed E-state index contributed by atoms with van der Waals surface area (Å²) in [7, 11) is 1.68. The molecule has 0 spiro atoms. The number of amides is 1. The highest BCUT2D eigenvalue weighted by molar-refractivity contribution is 6.05. The van der Waals surface area contributed by atoms with Crippen molar-refractivity contribution in [1.29, 1.82) is 0 Å². The van der Waals surface area contributed by atoms with Gasteiger partial charge in [-0.05, 0) is 38.0 Å². The van der Waals surface area contributed by atoms with Crippen molar-refractivity contribution in [2.24, 2.45) is 0 Å². The van der Waals surface area contributed by atoms with Crippen molar-refractivity contribution in [2.75, 3.05) is 11.9 Å². The number of aryl methyl sites for hydroxylation is 2. The maximum atomic E-state index is 13.6. The molecular weight excluding hydrogens is 321 g/mol. The third-order valence-electron chi connectivity index (χ3n) is 4.41. The molecule has 0 radical (unpaired) electrons. The lowest BCUT2D eigenvalue weighted by Crippen LogP contribution is -2.28. The minimum Gasteiger partial charge on any atom is -0.294 e. The first-order valence-corrected chi connectivity index (χ1v) is 7.98. The van der Waals surface area contributed by atoms with Gasteiger partial charge in [0.1, 0.15) is 17.3 Å². The number of nitrogens with zero attached hydrogens (tertiary/aromatic N) is 4. The second kappa shape index (κ2) is 5.77. The predicted octanol–water partition coefficient (Wildman–Crippen LogP) is 2.69. The molecule has 0 atom stereocenters. The first-order chi connectivity index (χ1) is 12.0. The van der Waals surface area contributed by atoms with Crippen molar-refractivity contribution >= 4 is 11.7 Å². The van der Waals surface area contributed by atoms with Crippen molar-refractivity contribution in [2.45, 2.75) is 19.8 Å². The zero-order chi connectivity index (χ0) is 17.6. The second-order valence-corrected chi connectivity index (χ2v) is 6.07. The number of rotatable bonds is 2. The molecule has 0 saturated carbocycles. The third-order valence-corrected chi connectivity index (χ3v) is 4.41. The van der Waals surface area contributed by atoms with Gasteiger partial charge in [0.2, 0.25) is 0 Å². The number of H-pyrrole nitrogens is 1. The quantitative estimate of drug-likeness (QED) is 0.780. The van der Waals surface area contributed by atoms with Crippen LogP contribution in [0.4, 0.5) is 10.2 Å². The van der Waals surface area contributed by atoms with Gasteiger partial charge in [0.05, 0.1) is 17.6 Å². The molecule has 0 aromatic carbocycles. The number of hydrogen-bond donors (Lipinski definition) is 1. The van der Waals surface area contributed by atoms with E-state index in [1.54, 1.807) is 13.1 Å². The molecule has 0 bridgehead atoms. The molecule has 0 unspecified atom stereocenters. The van der Waals surface area contributed by atoms with E-state index in [-0.39, 0.29) is 5.91 Å². The highest BCUT2D eigenvalue weighted by Crippen LogP contribution is 2.33. The highest BCUT2D eigenvalue weighted by Gasteiger charge is 2.28. The largest absolute Gasteiger partial charge is 0.294 e. The molecule has 0 aliphatic heterocycles. The van der Waals surface area contributed by atoms with Gasteiger partial charge in [-0.2, -0.15) is 5.10 Å². The van der Waals surface area contributed by atoms with Crippen LogP contribution >= 0.6 is 0 Å². The summed E-state index contributed by atoms with van der Waals surface area (Å²) in [6, 6.07) is 6.93. The molecule has 1 aliphatic carbocycles. The Morgan fingerprint density at radius 2 is 2.16 bits per heavy atom. The number of nitrogens with one attached hydrogen (secondary N) is 1. The van der Waals surface area contributed by atoms with Crippen LogP contribution in [0.5, 0.6) is 0 Å². The smallest absolute Gasteiger partial charge is 0.277 e. The minimum absolute atomic E-state index is 0.223. The van der Waals surface area contributed by atoms with Gasteiger partial charge in [0, 0.05) is 23.9 Å². The van der Waals surface area contributed by atoms with Crippen LogP contribution in [0.3, 0.4) is 0 Å². The molecule has 0 saturated heterocycles. The molecule has 1 aliphatic rings. The predicted molar refractivity (Wildman–Crippen MR) is 90.9 cm³/mol. The molecule has 3 aromatic rings. The number of aromatic nitrogens is 4. The van der Waals surface area contributed by atoms with Crippen LogP contribution in [0.25, 0.3) is 11.3 Å². The summed E-state index contributed by atoms with van der Waals surface area (Å²) in [5.41, 5.74) is 4.09. The number of carbonyl (C=O) groups excluding carboxylic acids is 1. The van der Waals surface area contributed by atoms with Crippen LogP contribution in [0.2, 0.25) is 0 Å². The van der Waals surface area contributed by atoms with Crippen LogP contribution in [0.1, 0.15) is 27.4 Å². The van der Waals surface area contributed by atoms with Crippen molar-refractivity contribution in [3.63, 3.8) is 0 Å². The summed E-state index contributed by atoms with van der Waals surface area (Å²) in [5, 5.41) is 7.08. The molecule has 6 nitrogen and oxygen atoms in total. The van der Waals surface area contributed by atoms with Crippen molar-refractivity contribution < 1.29 is 9.18 Å². The summed E-state index contributed by atoms with van der Waals surface area (Å²) in [5.74, 6) is -0.0690. The van der Waals surface area contributed by atoms with Crippen molar-refractivity contribution in [1.82, 2.24) is 20.2 Å². The Morgan fingerprint density at radius 3 is 2.96 bits per heavy atom. The number of fused-ring (bicyclic) bond motifs is 3. The Balaban J connectivity index is 1.73. The molecular formula is C18H16FN5O. The van der Waals surface area contributed by atoms with E-state index < -0.39 is 5.82 Å². The minimum atomic E-state index is -0.413. The number of hydrogen-bond acceptors (Lipinski definition) is 4. The second-order valence-electron chi connectivity index (χ2n) is 6.07. The zero-order valence-electron chi connectivity index (χ0n) is 13.9. The fraction of sp³-hybridized carbons (Fsp3) is 0.222. The Bertz CT molecular complexity index is 981. The normalized spacial score (nSPS) is 12.4. The van der Waals surface area contributed by atoms with Gasteiger partial charge in [0.25, 0.3) is 5.91 Å². The van der Waals surface area contributed by atoms with E-state index in [1.807, 2.05) is 19.1 Å². The molecule has 3 aromatic heterocycles. The van der Waals surface area contributed by atoms with E-state index >= 15 is 0 Å². The number of carbonyl (C=O) groups is 1. The van der Waals surface area contributed by atoms with Crippen LogP contribution in [0.15, 0.2) is 30.5 Å². The molecule has 7 heteroatoms. The van der Waals surface area contributed by atoms with Gasteiger partial charge in [-0.1, -0.05) is 6.07 Å². The van der Waals surface area contributed by atoms with Crippen LogP contribution in [-0.2, 0) is 12.8 Å². The molecule has 1 amide bonds. The zero-order valence-corrected chi connectivity index (χ0v) is 13.9. The van der Waals surface area contributed by atoms with E-state index in [0.717, 1.165) is 17.0 Å². The summed E-state index contributed by atoms with van der Waals surface area (Å²) in [4.78, 5) is 22.9. The lowest BCUT2D eigenvalue weighted by atomic mass is 9.92. The van der Waals surface area contributed by atoms with E-state index in [2.05, 4.69) is 20.2 Å². The number of pyridine rings is 2. The summed E-state index contributed by atoms with van der Waals surface area (Å²) < 4.78 is 13.6. The molecule has 0 fully saturated rings. The molecule has 1 N–H and O–H groups in total. The fourth-order valence-electron chi connectivity index (χ4n) is 3.11. The highest BCUT2D eigenvalue weighted by atomic mass is 19.1. The van der Waals surface area contributed by atoms with E-state index in [0.29, 0.717) is 35.6 Å². The number of anilines is 1. The standard InChI is InChI=1S/C18H16FN5O/c1-10-4-3-5-15(21-10)24(2)18(25)17-12-6-7-14-13(16(12)22-23-17)8-11(19)9-20-14/h3-5,8-9H,6-7H2,1-2H3,(H,22,23).